The third kappa shape index (κ3) is 41.7. The van der Waals surface area contributed by atoms with E-state index in [1.807, 2.05) is 41.5 Å². The SMILES string of the molecule is CC(C)(C)CCNC(=O)C(O)C(C)(C)COP(=O)(O)OP(=O)(O)OCC1OC(n2cnc3c(N)ncnc32)C(O)C1OP(=O)(O)O.Cc1ncnc2c1ncn2C1OC(COP(=O)(O)OP(=O)(O)OCC(C)(C)C(O)C(=O)CCCC(=O)CCCSC(C)(C)C)C(OP(=O)(O)O)C1O.Cc1ncnc2c1ncn2C1OC(COP(=O)(O)OP(=O)(O)OCC(C)(C)C(O)C(=O)NCCC(=O)NCCC(C)(C)C)C(OP(=O)(O)O)C1O. The van der Waals surface area contributed by atoms with Gasteiger partial charge in [0.1, 0.15) is 115 Å². The number of phosphoric ester groups is 9. The lowest BCUT2D eigenvalue weighted by molar-refractivity contribution is -0.137. The summed E-state index contributed by atoms with van der Waals surface area (Å²) in [6.45, 7) is 24.3. The van der Waals surface area contributed by atoms with Gasteiger partial charge in [0.15, 0.2) is 47.2 Å². The maximum Gasteiger partial charge on any atom is 0.481 e. The topological polar surface area (TPSA) is 934 Å². The van der Waals surface area contributed by atoms with Crippen molar-refractivity contribution in [1.82, 2.24) is 74.5 Å². The molecule has 0 aliphatic carbocycles. The Morgan fingerprint density at radius 2 is 0.718 bits per heavy atom. The van der Waals surface area contributed by atoms with Crippen molar-refractivity contribution < 1.29 is 222 Å². The number of aliphatic hydroxyl groups excluding tert-OH is 6. The number of ketones is 2. The number of thioether (sulfide) groups is 1. The summed E-state index contributed by atoms with van der Waals surface area (Å²) < 4.78 is 186. The molecule has 3 aliphatic rings. The number of hydrogen-bond acceptors (Lipinski definition) is 46. The highest BCUT2D eigenvalue weighted by molar-refractivity contribution is 8.00. The zero-order chi connectivity index (χ0) is 113. The van der Waals surface area contributed by atoms with Crippen molar-refractivity contribution in [2.24, 2.45) is 27.1 Å². The Bertz CT molecular complexity index is 6030. The lowest BCUT2D eigenvalue weighted by atomic mass is 9.84. The molecule has 149 heavy (non-hydrogen) atoms. The van der Waals surface area contributed by atoms with Crippen LogP contribution in [0.25, 0.3) is 33.5 Å². The first-order chi connectivity index (χ1) is 68.0. The molecule has 0 radical (unpaired) electrons. The van der Waals surface area contributed by atoms with E-state index >= 15 is 0 Å². The van der Waals surface area contributed by atoms with Crippen molar-refractivity contribution in [2.75, 3.05) is 70.8 Å². The zero-order valence-corrected chi connectivity index (χ0v) is 92.5. The Balaban J connectivity index is 0.000000303. The summed E-state index contributed by atoms with van der Waals surface area (Å²) in [6.07, 6.45) is -16.2. The highest BCUT2D eigenvalue weighted by atomic mass is 32.2. The van der Waals surface area contributed by atoms with E-state index in [9.17, 15) is 154 Å². The number of rotatable bonds is 54. The van der Waals surface area contributed by atoms with Crippen LogP contribution in [0, 0.1) is 40.9 Å². The molecule has 0 bridgehead atoms. The average molecular weight is 2330 g/mol. The molecule has 3 aliphatic heterocycles. The number of carbonyl (C=O) groups excluding carboxylic acids is 5. The number of carbonyl (C=O) groups is 5. The second-order valence-electron chi connectivity index (χ2n) is 39.7. The number of amides is 3. The second-order valence-corrected chi connectivity index (χ2v) is 54.3. The quantitative estimate of drug-likeness (QED) is 0.0189. The molecule has 3 amide bonds. The van der Waals surface area contributed by atoms with Crippen LogP contribution < -0.4 is 21.7 Å². The number of aromatic nitrogens is 12. The summed E-state index contributed by atoms with van der Waals surface area (Å²) in [6, 6.07) is 0. The molecule has 3 saturated heterocycles. The van der Waals surface area contributed by atoms with E-state index < -0.39 is 236 Å². The number of nitrogen functional groups attached to an aromatic ring is 1. The maximum absolute atomic E-state index is 12.7. The summed E-state index contributed by atoms with van der Waals surface area (Å²) in [5, 5.41) is 71.8. The molecule has 848 valence electrons. The molecule has 9 heterocycles. The molecular weight excluding hydrogens is 2200 g/mol. The summed E-state index contributed by atoms with van der Waals surface area (Å²) in [4.78, 5) is 215. The molecule has 0 saturated carbocycles. The number of anilines is 1. The number of phosphoric acid groups is 9. The molecule has 3 fully saturated rings. The molecule has 0 spiro atoms. The Kier molecular flexibility index (Phi) is 46.0. The van der Waals surface area contributed by atoms with Crippen LogP contribution in [0.3, 0.4) is 0 Å². The Labute approximate surface area is 856 Å². The van der Waals surface area contributed by atoms with E-state index in [1.165, 1.54) is 76.0 Å². The summed E-state index contributed by atoms with van der Waals surface area (Å²) >= 11 is 1.75. The fourth-order valence-corrected chi connectivity index (χ4v) is 23.1. The molecule has 63 nitrogen and oxygen atoms in total. The van der Waals surface area contributed by atoms with E-state index in [2.05, 4.69) is 108 Å². The van der Waals surface area contributed by atoms with E-state index in [0.717, 1.165) is 29.4 Å². The van der Waals surface area contributed by atoms with Gasteiger partial charge in [-0.15, -0.1) is 0 Å². The first-order valence-electron chi connectivity index (χ1n) is 45.0. The molecule has 6 aromatic heterocycles. The van der Waals surface area contributed by atoms with Gasteiger partial charge in [-0.25, -0.2) is 85.9 Å². The molecule has 9 rings (SSSR count). The number of fused-ring (bicyclic) bond motifs is 3. The number of ether oxygens (including phenoxy) is 3. The van der Waals surface area contributed by atoms with Crippen molar-refractivity contribution in [3.05, 3.63) is 49.4 Å². The zero-order valence-electron chi connectivity index (χ0n) is 83.6. The Morgan fingerprint density at radius 1 is 0.409 bits per heavy atom. The van der Waals surface area contributed by atoms with Crippen molar-refractivity contribution in [3.8, 4) is 0 Å². The number of imidazole rings is 3. The third-order valence-electron chi connectivity index (χ3n) is 21.7. The minimum Gasteiger partial charge on any atom is -0.386 e. The van der Waals surface area contributed by atoms with Crippen LogP contribution in [-0.2, 0) is 133 Å². The fraction of sp³-hybridized carbons (Fsp3) is 0.737. The monoisotopic (exact) mass is 2330 g/mol. The summed E-state index contributed by atoms with van der Waals surface area (Å²) in [7, 11) is -48.6. The minimum absolute atomic E-state index is 0.00861. The lowest BCUT2D eigenvalue weighted by Crippen LogP contribution is -2.46. The molecule has 21 atom stereocenters. The smallest absolute Gasteiger partial charge is 0.386 e. The first kappa shape index (κ1) is 130. The minimum atomic E-state index is -5.53. The standard InChI is InChI=1S/C28H47N4O16P3S.C26H45N6O16P3.C22H39N6O15P3/c1-17-21-25(30-15-29-17)32(16-31-21)26-22(35)23(47-49(37,38)39)20(46-26)13-44-50(40,41)48-51(42,43)45-14-28(5,6)24(36)19(34)11-7-9-18(33)10-8-12-52-27(2,3)4;1-15-18-22(30-13-29-15)32(14-31-18)24-19(34)20(47-49(37,38)39)16(46-24)11-44-50(40,41)48-51(42,43)45-12-26(5,6)21(35)23(36)28-9-7-17(33)27-10-8-25(2,3)4;1-21(2,3)6-7-24-19(31)16(30)22(4,5)9-40-46(37,38)43-45(35,36)39-8-12-15(42-44(32,33)34)14(29)20(41-12)28-11-27-13-17(23)25-10-26-18(13)28/h15-16,20,22-24,26,35-36H,7-14H2,1-6H3,(H,40,41)(H,42,43)(H2,37,38,39);13-14,16,19-21,24,34-35H,7-12H2,1-6H3,(H,27,33)(H,28,36)(H,40,41)(H,42,43)(H2,37,38,39);10-12,14-16,20,29-30H,6-9H2,1-5H3,(H,24,31)(H,35,36)(H,37,38)(H2,23,25,26)(H2,32,33,34). The van der Waals surface area contributed by atoms with Crippen LogP contribution in [0.2, 0.25) is 0 Å². The van der Waals surface area contributed by atoms with E-state index in [-0.39, 0.29) is 94.3 Å². The van der Waals surface area contributed by atoms with Gasteiger partial charge in [-0.2, -0.15) is 24.7 Å². The summed E-state index contributed by atoms with van der Waals surface area (Å²) in [5.74, 6) is -1.87. The highest BCUT2D eigenvalue weighted by Crippen LogP contribution is 2.65. The molecule has 0 aromatic carbocycles. The Hall–Kier alpha value is -5.70. The molecule has 6 aromatic rings. The van der Waals surface area contributed by atoms with Gasteiger partial charge in [-0.3, -0.25) is 78.4 Å². The van der Waals surface area contributed by atoms with Gasteiger partial charge in [0.2, 0.25) is 17.7 Å². The van der Waals surface area contributed by atoms with Crippen LogP contribution >= 0.6 is 82.2 Å². The number of nitrogens with one attached hydrogen (secondary N) is 3. The maximum atomic E-state index is 12.7. The third-order valence-corrected chi connectivity index (χ3v) is 32.3. The normalized spacial score (nSPS) is 23.5. The number of aliphatic hydroxyl groups is 6. The van der Waals surface area contributed by atoms with Gasteiger partial charge in [-0.1, -0.05) is 104 Å². The van der Waals surface area contributed by atoms with E-state index in [1.54, 1.807) is 25.6 Å². The number of nitrogens with zero attached hydrogens (tertiary/aromatic N) is 12. The molecule has 21 unspecified atom stereocenters. The molecule has 23 N–H and O–H groups in total. The number of Topliss-reactive ketones (excluding diaryl/α,β-unsaturated/α-hetero) is 2. The highest BCUT2D eigenvalue weighted by Gasteiger charge is 2.55. The fourth-order valence-electron chi connectivity index (χ4n) is 13.7. The van der Waals surface area contributed by atoms with E-state index in [0.29, 0.717) is 48.2 Å². The van der Waals surface area contributed by atoms with Gasteiger partial charge in [0.05, 0.1) is 70.0 Å². The largest absolute Gasteiger partial charge is 0.481 e. The van der Waals surface area contributed by atoms with Crippen molar-refractivity contribution in [3.63, 3.8) is 0 Å². The number of aryl methyl sites for hydroxylation is 2. The number of nitrogens with two attached hydrogens (primary N) is 1. The van der Waals surface area contributed by atoms with Gasteiger partial charge in [0, 0.05) is 66.3 Å². The van der Waals surface area contributed by atoms with Crippen LogP contribution in [0.15, 0.2) is 38.0 Å². The predicted molar refractivity (Wildman–Crippen MR) is 515 cm³/mol. The van der Waals surface area contributed by atoms with Gasteiger partial charge < -0.3 is 125 Å². The second kappa shape index (κ2) is 52.6. The predicted octanol–water partition coefficient (Wildman–Crippen LogP) is 4.03. The number of hydrogen-bond donors (Lipinski definition) is 22. The first-order valence-corrected chi connectivity index (χ1v) is 59.5. The van der Waals surface area contributed by atoms with Crippen LogP contribution in [-0.4, -0.2) is 320 Å². The lowest BCUT2D eigenvalue weighted by Gasteiger charge is -2.30. The van der Waals surface area contributed by atoms with Gasteiger partial charge >= 0.3 is 70.4 Å². The molecular formula is C76H131N16O47P9S. The average Bonchev–Trinajstić information content (AvgIpc) is 1.62. The Morgan fingerprint density at radius 3 is 1.06 bits per heavy atom. The van der Waals surface area contributed by atoms with Crippen molar-refractivity contribution in [2.45, 2.75) is 266 Å². The van der Waals surface area contributed by atoms with Gasteiger partial charge in [-0.05, 0) is 56.1 Å². The van der Waals surface area contributed by atoms with Crippen molar-refractivity contribution in [1.29, 1.82) is 0 Å². The van der Waals surface area contributed by atoms with Gasteiger partial charge in [0.25, 0.3) is 0 Å². The van der Waals surface area contributed by atoms with Crippen molar-refractivity contribution >= 4 is 151 Å². The molecule has 73 heteroatoms. The van der Waals surface area contributed by atoms with Crippen LogP contribution in [0.5, 0.6) is 0 Å². The van der Waals surface area contributed by atoms with E-state index in [4.69, 9.17) is 47.1 Å². The van der Waals surface area contributed by atoms with Crippen LogP contribution in [0.1, 0.15) is 185 Å². The van der Waals surface area contributed by atoms with Crippen LogP contribution in [0.4, 0.5) is 5.82 Å². The summed E-state index contributed by atoms with van der Waals surface area (Å²) in [5.41, 5.74) is 3.21.